The first-order valence-corrected chi connectivity index (χ1v) is 9.63. The quantitative estimate of drug-likeness (QED) is 0.789. The molecule has 5 heteroatoms. The van der Waals surface area contributed by atoms with Gasteiger partial charge in [-0.2, -0.15) is 9.67 Å². The van der Waals surface area contributed by atoms with Crippen LogP contribution in [0.25, 0.3) is 5.70 Å². The molecule has 0 saturated heterocycles. The van der Waals surface area contributed by atoms with E-state index in [4.69, 9.17) is 5.10 Å². The number of hydrogen-bond acceptors (Lipinski definition) is 4. The SMILES string of the molecule is CC1C2N3C=CC=CC3=CC13C=C(c1ccccn1)NN=C3c1cccc[n+]12. The van der Waals surface area contributed by atoms with Gasteiger partial charge in [-0.15, -0.1) is 0 Å². The zero-order chi connectivity index (χ0) is 18.7. The van der Waals surface area contributed by atoms with Crippen LogP contribution < -0.4 is 9.99 Å². The summed E-state index contributed by atoms with van der Waals surface area (Å²) < 4.78 is 2.35. The van der Waals surface area contributed by atoms with E-state index in [9.17, 15) is 0 Å². The Hall–Kier alpha value is -3.47. The number of pyridine rings is 2. The Kier molecular flexibility index (Phi) is 3.07. The Labute approximate surface area is 163 Å². The van der Waals surface area contributed by atoms with E-state index in [0.29, 0.717) is 5.92 Å². The molecule has 3 unspecified atom stereocenters. The van der Waals surface area contributed by atoms with Gasteiger partial charge in [0.2, 0.25) is 11.9 Å². The van der Waals surface area contributed by atoms with Crippen molar-refractivity contribution in [3.63, 3.8) is 0 Å². The van der Waals surface area contributed by atoms with Gasteiger partial charge in [-0.25, -0.2) is 0 Å². The average Bonchev–Trinajstić information content (AvgIpc) is 2.75. The second kappa shape index (κ2) is 5.52. The van der Waals surface area contributed by atoms with Gasteiger partial charge in [0.05, 0.1) is 22.7 Å². The Bertz CT molecular complexity index is 1120. The maximum atomic E-state index is 4.88. The van der Waals surface area contributed by atoms with Crippen molar-refractivity contribution in [3.05, 3.63) is 102 Å². The summed E-state index contributed by atoms with van der Waals surface area (Å²) >= 11 is 0. The molecule has 0 radical (unpaired) electrons. The highest BCUT2D eigenvalue weighted by Gasteiger charge is 2.58. The van der Waals surface area contributed by atoms with Crippen LogP contribution in [0.1, 0.15) is 24.5 Å². The molecule has 0 amide bonds. The van der Waals surface area contributed by atoms with Crippen LogP contribution in [0.4, 0.5) is 0 Å². The standard InChI is InChI=1S/C23H19N5/c1-16-22-27-12-6-3-8-17(27)14-23(16)15-19(18-9-2-5-11-24-18)25-26-21(23)20-10-4-7-13-28(20)22/h2-16,22H,1H3/p+1. The van der Waals surface area contributed by atoms with E-state index in [-0.39, 0.29) is 11.6 Å². The fraction of sp³-hybridized carbons (Fsp3) is 0.174. The first kappa shape index (κ1) is 15.6. The van der Waals surface area contributed by atoms with Gasteiger partial charge in [-0.1, -0.05) is 19.1 Å². The van der Waals surface area contributed by atoms with E-state index < -0.39 is 0 Å². The second-order valence-corrected chi connectivity index (χ2v) is 7.65. The van der Waals surface area contributed by atoms with E-state index in [1.165, 1.54) is 5.70 Å². The number of nitrogens with zero attached hydrogens (tertiary/aromatic N) is 4. The van der Waals surface area contributed by atoms with Crippen molar-refractivity contribution in [2.75, 3.05) is 0 Å². The van der Waals surface area contributed by atoms with Crippen LogP contribution in [-0.4, -0.2) is 15.6 Å². The van der Waals surface area contributed by atoms with Gasteiger partial charge in [0.1, 0.15) is 5.71 Å². The van der Waals surface area contributed by atoms with Crippen molar-refractivity contribution in [1.82, 2.24) is 15.3 Å². The summed E-state index contributed by atoms with van der Waals surface area (Å²) in [5, 5.41) is 4.88. The fourth-order valence-corrected chi connectivity index (χ4v) is 4.90. The van der Waals surface area contributed by atoms with Gasteiger partial charge in [0.25, 0.3) is 0 Å². The molecule has 0 aliphatic carbocycles. The van der Waals surface area contributed by atoms with Gasteiger partial charge in [-0.05, 0) is 42.5 Å². The summed E-state index contributed by atoms with van der Waals surface area (Å²) in [4.78, 5) is 6.90. The lowest BCUT2D eigenvalue weighted by atomic mass is 9.64. The van der Waals surface area contributed by atoms with Crippen LogP contribution in [0.3, 0.4) is 0 Å². The summed E-state index contributed by atoms with van der Waals surface area (Å²) in [6.07, 6.45) is 17.4. The van der Waals surface area contributed by atoms with Gasteiger partial charge in [0, 0.05) is 30.2 Å². The van der Waals surface area contributed by atoms with E-state index in [1.54, 1.807) is 0 Å². The summed E-state index contributed by atoms with van der Waals surface area (Å²) in [5.74, 6) is 0.298. The van der Waals surface area contributed by atoms with Crippen LogP contribution in [0.15, 0.2) is 96.2 Å². The van der Waals surface area contributed by atoms with Crippen LogP contribution in [0.2, 0.25) is 0 Å². The summed E-state index contributed by atoms with van der Waals surface area (Å²) in [6.45, 7) is 2.32. The molecule has 2 aromatic heterocycles. The number of rotatable bonds is 1. The molecule has 4 aliphatic heterocycles. The Morgan fingerprint density at radius 2 is 2.04 bits per heavy atom. The van der Waals surface area contributed by atoms with E-state index >= 15 is 0 Å². The first-order valence-electron chi connectivity index (χ1n) is 9.63. The zero-order valence-corrected chi connectivity index (χ0v) is 15.5. The number of aromatic nitrogens is 2. The number of nitrogens with one attached hydrogen (secondary N) is 1. The Morgan fingerprint density at radius 3 is 2.93 bits per heavy atom. The smallest absolute Gasteiger partial charge is 0.242 e. The molecule has 4 aliphatic rings. The molecule has 136 valence electrons. The highest BCUT2D eigenvalue weighted by Crippen LogP contribution is 2.51. The predicted molar refractivity (Wildman–Crippen MR) is 107 cm³/mol. The number of hydrogen-bond donors (Lipinski definition) is 1. The minimum atomic E-state index is -0.286. The molecule has 6 heterocycles. The van der Waals surface area contributed by atoms with Crippen LogP contribution in [-0.2, 0) is 0 Å². The highest BCUT2D eigenvalue weighted by molar-refractivity contribution is 6.07. The van der Waals surface area contributed by atoms with Gasteiger partial charge < -0.3 is 0 Å². The van der Waals surface area contributed by atoms with Crippen molar-refractivity contribution >= 4 is 11.4 Å². The molecule has 0 aromatic carbocycles. The van der Waals surface area contributed by atoms with E-state index in [1.807, 2.05) is 24.4 Å². The van der Waals surface area contributed by atoms with Crippen molar-refractivity contribution in [2.24, 2.45) is 16.4 Å². The molecule has 1 N–H and O–H groups in total. The van der Waals surface area contributed by atoms with E-state index in [2.05, 4.69) is 87.8 Å². The Morgan fingerprint density at radius 1 is 1.11 bits per heavy atom. The number of hydrazone groups is 1. The zero-order valence-electron chi connectivity index (χ0n) is 15.5. The lowest BCUT2D eigenvalue weighted by Gasteiger charge is -2.49. The number of allylic oxidation sites excluding steroid dienone is 5. The molecule has 28 heavy (non-hydrogen) atoms. The minimum Gasteiger partial charge on any atom is -0.290 e. The molecule has 2 aromatic rings. The normalized spacial score (nSPS) is 28.9. The molecule has 0 fully saturated rings. The van der Waals surface area contributed by atoms with Crippen molar-refractivity contribution < 1.29 is 4.57 Å². The summed E-state index contributed by atoms with van der Waals surface area (Å²) in [6, 6.07) is 12.3. The molecule has 2 bridgehead atoms. The molecule has 5 nitrogen and oxygen atoms in total. The fourth-order valence-electron chi connectivity index (χ4n) is 4.90. The molecular weight excluding hydrogens is 346 g/mol. The lowest BCUT2D eigenvalue weighted by Crippen LogP contribution is -2.66. The van der Waals surface area contributed by atoms with Crippen LogP contribution in [0, 0.1) is 11.3 Å². The van der Waals surface area contributed by atoms with Crippen molar-refractivity contribution in [1.29, 1.82) is 0 Å². The third-order valence-electron chi connectivity index (χ3n) is 6.24. The van der Waals surface area contributed by atoms with Crippen LogP contribution >= 0.6 is 0 Å². The topological polar surface area (TPSA) is 44.4 Å². The van der Waals surface area contributed by atoms with Crippen molar-refractivity contribution in [2.45, 2.75) is 13.1 Å². The average molecular weight is 366 g/mol. The summed E-state index contributed by atoms with van der Waals surface area (Å²) in [7, 11) is 0. The monoisotopic (exact) mass is 366 g/mol. The first-order chi connectivity index (χ1) is 13.8. The van der Waals surface area contributed by atoms with Gasteiger partial charge in [-0.3, -0.25) is 15.3 Å². The molecular formula is C23H20N5+. The maximum absolute atomic E-state index is 4.88. The van der Waals surface area contributed by atoms with E-state index in [0.717, 1.165) is 22.8 Å². The van der Waals surface area contributed by atoms with Crippen molar-refractivity contribution in [3.8, 4) is 0 Å². The predicted octanol–water partition coefficient (Wildman–Crippen LogP) is 3.14. The highest BCUT2D eigenvalue weighted by atomic mass is 15.4. The summed E-state index contributed by atoms with van der Waals surface area (Å²) in [5.41, 5.74) is 8.26. The van der Waals surface area contributed by atoms with Gasteiger partial charge >= 0.3 is 0 Å². The number of fused-ring (bicyclic) bond motifs is 6. The molecule has 1 spiro atoms. The van der Waals surface area contributed by atoms with Crippen LogP contribution in [0.5, 0.6) is 0 Å². The third-order valence-corrected chi connectivity index (χ3v) is 6.24. The largest absolute Gasteiger partial charge is 0.290 e. The second-order valence-electron chi connectivity index (χ2n) is 7.65. The Balaban J connectivity index is 1.63. The molecule has 6 rings (SSSR count). The lowest BCUT2D eigenvalue weighted by molar-refractivity contribution is -0.754. The molecule has 0 saturated carbocycles. The maximum Gasteiger partial charge on any atom is 0.242 e. The minimum absolute atomic E-state index is 0.190. The van der Waals surface area contributed by atoms with Gasteiger partial charge in [0.15, 0.2) is 6.20 Å². The molecule has 3 atom stereocenters. The third kappa shape index (κ3) is 1.93.